The molecule has 0 saturated carbocycles. The molecule has 1 atom stereocenters. The Bertz CT molecular complexity index is 222. The van der Waals surface area contributed by atoms with Gasteiger partial charge in [0.1, 0.15) is 5.60 Å². The number of ether oxygens (including phenoxy) is 1. The maximum Gasteiger partial charge on any atom is 0.320 e. The second kappa shape index (κ2) is 4.94. The van der Waals surface area contributed by atoms with Crippen LogP contribution in [0.25, 0.3) is 0 Å². The van der Waals surface area contributed by atoms with E-state index in [2.05, 4.69) is 0 Å². The molecule has 0 bridgehead atoms. The molecule has 1 rings (SSSR count). The number of rotatable bonds is 3. The number of hydrogen-bond acceptors (Lipinski definition) is 4. The van der Waals surface area contributed by atoms with Crippen LogP contribution in [-0.4, -0.2) is 47.3 Å². The average Bonchev–Trinajstić information content (AvgIpc) is 2.48. The van der Waals surface area contributed by atoms with E-state index in [-0.39, 0.29) is 18.6 Å². The molecule has 1 aliphatic heterocycles. The number of esters is 1. The molecule has 1 fully saturated rings. The van der Waals surface area contributed by atoms with Crippen molar-refractivity contribution in [1.29, 1.82) is 0 Å². The minimum atomic E-state index is -0.425. The van der Waals surface area contributed by atoms with E-state index in [0.29, 0.717) is 6.54 Å². The first-order chi connectivity index (χ1) is 6.92. The molecule has 0 spiro atoms. The fourth-order valence-corrected chi connectivity index (χ4v) is 1.85. The van der Waals surface area contributed by atoms with Gasteiger partial charge in [0, 0.05) is 6.04 Å². The van der Waals surface area contributed by atoms with Gasteiger partial charge >= 0.3 is 5.97 Å². The Morgan fingerprint density at radius 1 is 1.53 bits per heavy atom. The summed E-state index contributed by atoms with van der Waals surface area (Å²) in [6, 6.07) is 0.137. The van der Waals surface area contributed by atoms with Crippen molar-refractivity contribution in [2.45, 2.75) is 45.3 Å². The normalized spacial score (nSPS) is 23.1. The number of carbonyl (C=O) groups excluding carboxylic acids is 1. The van der Waals surface area contributed by atoms with Gasteiger partial charge in [0.15, 0.2) is 0 Å². The Labute approximate surface area is 91.2 Å². The fourth-order valence-electron chi connectivity index (χ4n) is 1.85. The Morgan fingerprint density at radius 2 is 2.20 bits per heavy atom. The third-order valence-corrected chi connectivity index (χ3v) is 2.46. The van der Waals surface area contributed by atoms with Gasteiger partial charge in [-0.15, -0.1) is 0 Å². The summed E-state index contributed by atoms with van der Waals surface area (Å²) < 4.78 is 5.23. The first-order valence-electron chi connectivity index (χ1n) is 5.49. The van der Waals surface area contributed by atoms with Gasteiger partial charge in [-0.2, -0.15) is 0 Å². The number of carbonyl (C=O) groups is 1. The molecule has 0 aromatic rings. The van der Waals surface area contributed by atoms with Crippen molar-refractivity contribution in [1.82, 2.24) is 4.90 Å². The van der Waals surface area contributed by atoms with Crippen LogP contribution in [0.5, 0.6) is 0 Å². The highest BCUT2D eigenvalue weighted by molar-refractivity contribution is 5.72. The third-order valence-electron chi connectivity index (χ3n) is 2.46. The van der Waals surface area contributed by atoms with Crippen LogP contribution in [0.2, 0.25) is 0 Å². The van der Waals surface area contributed by atoms with Crippen molar-refractivity contribution in [3.05, 3.63) is 0 Å². The molecule has 1 heterocycles. The zero-order valence-electron chi connectivity index (χ0n) is 9.82. The highest BCUT2D eigenvalue weighted by Gasteiger charge is 2.27. The molecule has 4 heteroatoms. The molecule has 1 N–H and O–H groups in total. The van der Waals surface area contributed by atoms with Gasteiger partial charge in [-0.3, -0.25) is 9.69 Å². The summed E-state index contributed by atoms with van der Waals surface area (Å²) in [6.07, 6.45) is 2.02. The molecule has 4 nitrogen and oxygen atoms in total. The van der Waals surface area contributed by atoms with Gasteiger partial charge < -0.3 is 9.84 Å². The summed E-state index contributed by atoms with van der Waals surface area (Å²) in [4.78, 5) is 13.5. The van der Waals surface area contributed by atoms with Gasteiger partial charge in [-0.05, 0) is 40.2 Å². The lowest BCUT2D eigenvalue weighted by Crippen LogP contribution is -2.39. The lowest BCUT2D eigenvalue weighted by molar-refractivity contribution is -0.156. The van der Waals surface area contributed by atoms with E-state index in [1.165, 1.54) is 0 Å². The van der Waals surface area contributed by atoms with Crippen LogP contribution in [0.15, 0.2) is 0 Å². The zero-order chi connectivity index (χ0) is 11.5. The monoisotopic (exact) mass is 215 g/mol. The molecule has 1 saturated heterocycles. The molecule has 88 valence electrons. The summed E-state index contributed by atoms with van der Waals surface area (Å²) in [7, 11) is 0. The Balaban J connectivity index is 2.37. The van der Waals surface area contributed by atoms with Gasteiger partial charge in [-0.1, -0.05) is 0 Å². The van der Waals surface area contributed by atoms with Crippen LogP contribution >= 0.6 is 0 Å². The van der Waals surface area contributed by atoms with Crippen LogP contribution in [0, 0.1) is 0 Å². The molecule has 15 heavy (non-hydrogen) atoms. The van der Waals surface area contributed by atoms with Crippen molar-refractivity contribution >= 4 is 5.97 Å². The highest BCUT2D eigenvalue weighted by atomic mass is 16.6. The van der Waals surface area contributed by atoms with Crippen LogP contribution in [0.4, 0.5) is 0 Å². The van der Waals surface area contributed by atoms with Gasteiger partial charge in [0.25, 0.3) is 0 Å². The second-order valence-corrected chi connectivity index (χ2v) is 5.04. The number of aliphatic hydroxyl groups is 1. The van der Waals surface area contributed by atoms with E-state index in [1.54, 1.807) is 0 Å². The first kappa shape index (κ1) is 12.5. The second-order valence-electron chi connectivity index (χ2n) is 5.04. The minimum Gasteiger partial charge on any atom is -0.459 e. The Morgan fingerprint density at radius 3 is 2.73 bits per heavy atom. The largest absolute Gasteiger partial charge is 0.459 e. The maximum absolute atomic E-state index is 11.5. The molecule has 1 aliphatic rings. The molecule has 0 radical (unpaired) electrons. The van der Waals surface area contributed by atoms with Crippen molar-refractivity contribution in [2.75, 3.05) is 19.7 Å². The molecule has 0 aromatic heterocycles. The third kappa shape index (κ3) is 4.18. The smallest absolute Gasteiger partial charge is 0.320 e. The Kier molecular flexibility index (Phi) is 4.11. The van der Waals surface area contributed by atoms with Crippen molar-refractivity contribution in [2.24, 2.45) is 0 Å². The summed E-state index contributed by atoms with van der Waals surface area (Å²) in [5.41, 5.74) is -0.425. The van der Waals surface area contributed by atoms with E-state index >= 15 is 0 Å². The maximum atomic E-state index is 11.5. The quantitative estimate of drug-likeness (QED) is 0.707. The number of aliphatic hydroxyl groups excluding tert-OH is 1. The molecule has 0 aliphatic carbocycles. The van der Waals surface area contributed by atoms with Crippen LogP contribution < -0.4 is 0 Å². The number of likely N-dealkylation sites (tertiary alicyclic amines) is 1. The lowest BCUT2D eigenvalue weighted by atomic mass is 10.2. The van der Waals surface area contributed by atoms with Crippen molar-refractivity contribution in [3.63, 3.8) is 0 Å². The van der Waals surface area contributed by atoms with Gasteiger partial charge in [-0.25, -0.2) is 0 Å². The minimum absolute atomic E-state index is 0.128. The molecule has 0 amide bonds. The van der Waals surface area contributed by atoms with E-state index in [1.807, 2.05) is 25.7 Å². The lowest BCUT2D eigenvalue weighted by Gasteiger charge is -2.25. The zero-order valence-corrected chi connectivity index (χ0v) is 9.82. The van der Waals surface area contributed by atoms with Crippen LogP contribution in [-0.2, 0) is 9.53 Å². The molecular weight excluding hydrogens is 194 g/mol. The average molecular weight is 215 g/mol. The Hall–Kier alpha value is -0.610. The van der Waals surface area contributed by atoms with E-state index in [4.69, 9.17) is 9.84 Å². The van der Waals surface area contributed by atoms with Gasteiger partial charge in [0.2, 0.25) is 0 Å². The number of hydrogen-bond donors (Lipinski definition) is 1. The standard InChI is InChI=1S/C11H21NO3/c1-11(2,3)15-10(14)7-12-6-4-5-9(12)8-13/h9,13H,4-8H2,1-3H3. The van der Waals surface area contributed by atoms with Gasteiger partial charge in [0.05, 0.1) is 13.2 Å². The SMILES string of the molecule is CC(C)(C)OC(=O)CN1CCCC1CO. The first-order valence-corrected chi connectivity index (χ1v) is 5.49. The van der Waals surface area contributed by atoms with Crippen LogP contribution in [0.3, 0.4) is 0 Å². The predicted octanol–water partition coefficient (Wildman–Crippen LogP) is 0.785. The topological polar surface area (TPSA) is 49.8 Å². The number of nitrogens with zero attached hydrogens (tertiary/aromatic N) is 1. The van der Waals surface area contributed by atoms with Crippen molar-refractivity contribution in [3.8, 4) is 0 Å². The van der Waals surface area contributed by atoms with Crippen molar-refractivity contribution < 1.29 is 14.6 Å². The molecule has 0 aromatic carbocycles. The summed E-state index contributed by atoms with van der Waals surface area (Å²) >= 11 is 0. The highest BCUT2D eigenvalue weighted by Crippen LogP contribution is 2.17. The van der Waals surface area contributed by atoms with E-state index in [9.17, 15) is 4.79 Å². The van der Waals surface area contributed by atoms with E-state index < -0.39 is 5.60 Å². The molecule has 1 unspecified atom stereocenters. The summed E-state index contributed by atoms with van der Waals surface area (Å²) in [5, 5.41) is 9.09. The van der Waals surface area contributed by atoms with Crippen LogP contribution in [0.1, 0.15) is 33.6 Å². The predicted molar refractivity (Wildman–Crippen MR) is 57.5 cm³/mol. The van der Waals surface area contributed by atoms with E-state index in [0.717, 1.165) is 19.4 Å². The fraction of sp³-hybridized carbons (Fsp3) is 0.909. The summed E-state index contributed by atoms with van der Waals surface area (Å²) in [6.45, 7) is 6.88. The molecular formula is C11H21NO3. The summed E-state index contributed by atoms with van der Waals surface area (Å²) in [5.74, 6) is -0.206.